The van der Waals surface area contributed by atoms with E-state index < -0.39 is 11.7 Å². The van der Waals surface area contributed by atoms with Crippen molar-refractivity contribution in [1.29, 1.82) is 0 Å². The zero-order valence-corrected chi connectivity index (χ0v) is 12.3. The van der Waals surface area contributed by atoms with Gasteiger partial charge in [-0.1, -0.05) is 12.1 Å². The van der Waals surface area contributed by atoms with E-state index in [1.807, 2.05) is 26.0 Å². The van der Waals surface area contributed by atoms with Crippen LogP contribution >= 0.6 is 0 Å². The number of hydrogen-bond acceptors (Lipinski definition) is 4. The number of ketones is 1. The number of ether oxygens (including phenoxy) is 2. The van der Waals surface area contributed by atoms with E-state index in [0.29, 0.717) is 31.7 Å². The van der Waals surface area contributed by atoms with Gasteiger partial charge in [-0.2, -0.15) is 0 Å². The fraction of sp³-hybridized carbons (Fsp3) is 0.500. The molecule has 5 heteroatoms. The maximum absolute atomic E-state index is 12.2. The minimum Gasteiger partial charge on any atom is -0.353 e. The minimum atomic E-state index is -0.446. The SMILES string of the molecule is Cc1ccc(C)c2c1C(=O)C(=O)N2CCC1OCCCO1. The van der Waals surface area contributed by atoms with E-state index in [1.165, 1.54) is 0 Å². The van der Waals surface area contributed by atoms with Gasteiger partial charge in [-0.05, 0) is 31.4 Å². The van der Waals surface area contributed by atoms with Crippen LogP contribution < -0.4 is 4.90 Å². The number of carbonyl (C=O) groups excluding carboxylic acids is 2. The van der Waals surface area contributed by atoms with Crippen LogP contribution in [0.2, 0.25) is 0 Å². The van der Waals surface area contributed by atoms with E-state index in [4.69, 9.17) is 9.47 Å². The van der Waals surface area contributed by atoms with Gasteiger partial charge in [0.05, 0.1) is 24.5 Å². The summed E-state index contributed by atoms with van der Waals surface area (Å²) < 4.78 is 11.0. The van der Waals surface area contributed by atoms with E-state index in [2.05, 4.69) is 0 Å². The predicted octanol–water partition coefficient (Wildman–Crippen LogP) is 1.99. The first-order chi connectivity index (χ1) is 10.1. The molecule has 0 atom stereocenters. The molecule has 2 heterocycles. The van der Waals surface area contributed by atoms with E-state index in [0.717, 1.165) is 23.2 Å². The van der Waals surface area contributed by atoms with Crippen molar-refractivity contribution in [1.82, 2.24) is 0 Å². The maximum atomic E-state index is 12.2. The van der Waals surface area contributed by atoms with E-state index in [9.17, 15) is 9.59 Å². The Balaban J connectivity index is 1.82. The van der Waals surface area contributed by atoms with Crippen molar-refractivity contribution in [2.45, 2.75) is 33.0 Å². The molecule has 0 N–H and O–H groups in total. The van der Waals surface area contributed by atoms with Crippen molar-refractivity contribution in [3.63, 3.8) is 0 Å². The first-order valence-corrected chi connectivity index (χ1v) is 7.29. The highest BCUT2D eigenvalue weighted by atomic mass is 16.7. The van der Waals surface area contributed by atoms with Crippen LogP contribution in [0.3, 0.4) is 0 Å². The summed E-state index contributed by atoms with van der Waals surface area (Å²) in [6.07, 6.45) is 1.20. The van der Waals surface area contributed by atoms with Gasteiger partial charge in [-0.15, -0.1) is 0 Å². The van der Waals surface area contributed by atoms with Crippen LogP contribution in [0.5, 0.6) is 0 Å². The second kappa shape index (κ2) is 5.58. The highest BCUT2D eigenvalue weighted by Gasteiger charge is 2.38. The molecular formula is C16H19NO4. The molecule has 1 aromatic rings. The molecule has 21 heavy (non-hydrogen) atoms. The van der Waals surface area contributed by atoms with Gasteiger partial charge in [-0.25, -0.2) is 0 Å². The van der Waals surface area contributed by atoms with Crippen LogP contribution in [0.15, 0.2) is 12.1 Å². The normalized spacial score (nSPS) is 19.2. The number of Topliss-reactive ketones (excluding diaryl/α,β-unsaturated/α-hetero) is 1. The molecule has 5 nitrogen and oxygen atoms in total. The van der Waals surface area contributed by atoms with Gasteiger partial charge in [0.15, 0.2) is 6.29 Å². The quantitative estimate of drug-likeness (QED) is 0.799. The Kier molecular flexibility index (Phi) is 3.78. The van der Waals surface area contributed by atoms with E-state index in [-0.39, 0.29) is 6.29 Å². The molecule has 1 amide bonds. The Morgan fingerprint density at radius 1 is 1.14 bits per heavy atom. The highest BCUT2D eigenvalue weighted by Crippen LogP contribution is 2.34. The summed E-state index contributed by atoms with van der Waals surface area (Å²) in [6, 6.07) is 3.83. The second-order valence-corrected chi connectivity index (χ2v) is 5.52. The Labute approximate surface area is 123 Å². The predicted molar refractivity (Wildman–Crippen MR) is 77.5 cm³/mol. The summed E-state index contributed by atoms with van der Waals surface area (Å²) in [6.45, 7) is 5.59. The van der Waals surface area contributed by atoms with Crippen molar-refractivity contribution in [3.8, 4) is 0 Å². The van der Waals surface area contributed by atoms with Crippen molar-refractivity contribution >= 4 is 17.4 Å². The van der Waals surface area contributed by atoms with E-state index >= 15 is 0 Å². The lowest BCUT2D eigenvalue weighted by Crippen LogP contribution is -2.35. The third kappa shape index (κ3) is 2.47. The molecule has 0 bridgehead atoms. The van der Waals surface area contributed by atoms with Crippen molar-refractivity contribution in [3.05, 3.63) is 28.8 Å². The monoisotopic (exact) mass is 289 g/mol. The molecule has 0 unspecified atom stereocenters. The van der Waals surface area contributed by atoms with Gasteiger partial charge in [0.25, 0.3) is 11.7 Å². The largest absolute Gasteiger partial charge is 0.353 e. The number of benzene rings is 1. The molecule has 0 aliphatic carbocycles. The Hall–Kier alpha value is -1.72. The lowest BCUT2D eigenvalue weighted by molar-refractivity contribution is -0.179. The second-order valence-electron chi connectivity index (χ2n) is 5.52. The summed E-state index contributed by atoms with van der Waals surface area (Å²) in [4.78, 5) is 26.0. The van der Waals surface area contributed by atoms with Crippen LogP contribution in [0, 0.1) is 13.8 Å². The fourth-order valence-corrected chi connectivity index (χ4v) is 2.91. The lowest BCUT2D eigenvalue weighted by Gasteiger charge is -2.26. The summed E-state index contributed by atoms with van der Waals surface area (Å²) in [7, 11) is 0. The van der Waals surface area contributed by atoms with Gasteiger partial charge in [0.2, 0.25) is 0 Å². The zero-order valence-electron chi connectivity index (χ0n) is 12.3. The van der Waals surface area contributed by atoms with Crippen LogP contribution in [-0.2, 0) is 14.3 Å². The van der Waals surface area contributed by atoms with Crippen LogP contribution in [0.1, 0.15) is 34.3 Å². The van der Waals surface area contributed by atoms with Crippen molar-refractivity contribution < 1.29 is 19.1 Å². The molecule has 2 aliphatic rings. The molecule has 112 valence electrons. The number of fused-ring (bicyclic) bond motifs is 1. The molecule has 0 spiro atoms. The molecule has 0 radical (unpaired) electrons. The summed E-state index contributed by atoms with van der Waals surface area (Å²) >= 11 is 0. The van der Waals surface area contributed by atoms with Gasteiger partial charge < -0.3 is 14.4 Å². The molecular weight excluding hydrogens is 270 g/mol. The first-order valence-electron chi connectivity index (χ1n) is 7.29. The lowest BCUT2D eigenvalue weighted by atomic mass is 10.0. The third-order valence-electron chi connectivity index (χ3n) is 4.01. The van der Waals surface area contributed by atoms with Gasteiger partial charge in [0.1, 0.15) is 0 Å². The molecule has 1 fully saturated rings. The average molecular weight is 289 g/mol. The summed E-state index contributed by atoms with van der Waals surface area (Å²) in [5, 5.41) is 0. The molecule has 3 rings (SSSR count). The Morgan fingerprint density at radius 3 is 2.52 bits per heavy atom. The molecule has 2 aliphatic heterocycles. The highest BCUT2D eigenvalue weighted by molar-refractivity contribution is 6.52. The number of hydrogen-bond donors (Lipinski definition) is 0. The number of anilines is 1. The molecule has 1 aromatic carbocycles. The summed E-state index contributed by atoms with van der Waals surface area (Å²) in [5.41, 5.74) is 3.09. The number of amides is 1. The van der Waals surface area contributed by atoms with Crippen molar-refractivity contribution in [2.24, 2.45) is 0 Å². The van der Waals surface area contributed by atoms with Crippen LogP contribution in [0.4, 0.5) is 5.69 Å². The molecule has 0 aromatic heterocycles. The Bertz CT molecular complexity index is 590. The number of nitrogens with zero attached hydrogens (tertiary/aromatic N) is 1. The van der Waals surface area contributed by atoms with Gasteiger partial charge in [0, 0.05) is 13.0 Å². The van der Waals surface area contributed by atoms with Gasteiger partial charge in [-0.3, -0.25) is 9.59 Å². The van der Waals surface area contributed by atoms with Gasteiger partial charge >= 0.3 is 0 Å². The van der Waals surface area contributed by atoms with Crippen LogP contribution in [-0.4, -0.2) is 37.7 Å². The van der Waals surface area contributed by atoms with Crippen molar-refractivity contribution in [2.75, 3.05) is 24.7 Å². The number of carbonyl (C=O) groups is 2. The Morgan fingerprint density at radius 2 is 1.81 bits per heavy atom. The minimum absolute atomic E-state index is 0.282. The molecule has 0 saturated carbocycles. The smallest absolute Gasteiger partial charge is 0.299 e. The van der Waals surface area contributed by atoms with E-state index in [1.54, 1.807) is 4.90 Å². The average Bonchev–Trinajstić information content (AvgIpc) is 2.75. The standard InChI is InChI=1S/C16H19NO4/c1-10-4-5-11(2)14-13(10)15(18)16(19)17(14)7-6-12-20-8-3-9-21-12/h4-5,12H,3,6-9H2,1-2H3. The number of rotatable bonds is 3. The topological polar surface area (TPSA) is 55.8 Å². The zero-order chi connectivity index (χ0) is 15.0. The molecule has 1 saturated heterocycles. The third-order valence-corrected chi connectivity index (χ3v) is 4.01. The number of aryl methyl sites for hydroxylation is 2. The fourth-order valence-electron chi connectivity index (χ4n) is 2.91. The summed E-state index contributed by atoms with van der Waals surface area (Å²) in [5.74, 6) is -0.852. The first kappa shape index (κ1) is 14.2. The maximum Gasteiger partial charge on any atom is 0.299 e. The van der Waals surface area contributed by atoms with Crippen LogP contribution in [0.25, 0.3) is 0 Å².